The Hall–Kier alpha value is -4.17. The van der Waals surface area contributed by atoms with Crippen LogP contribution < -0.4 is 9.62 Å². The van der Waals surface area contributed by atoms with Crippen molar-refractivity contribution in [1.29, 1.82) is 0 Å². The van der Waals surface area contributed by atoms with Crippen LogP contribution in [0.2, 0.25) is 0 Å². The van der Waals surface area contributed by atoms with E-state index in [1.807, 2.05) is 91.9 Å². The summed E-state index contributed by atoms with van der Waals surface area (Å²) in [6, 6.07) is 29.1. The zero-order chi connectivity index (χ0) is 28.0. The van der Waals surface area contributed by atoms with Gasteiger partial charge in [-0.1, -0.05) is 96.6 Å². The van der Waals surface area contributed by atoms with Crippen LogP contribution in [0.15, 0.2) is 97.1 Å². The Bertz CT molecular complexity index is 1550. The van der Waals surface area contributed by atoms with Crippen molar-refractivity contribution in [2.75, 3.05) is 24.2 Å². The Morgan fingerprint density at radius 2 is 1.46 bits per heavy atom. The fraction of sp³-hybridized carbons (Fsp3) is 0.226. The van der Waals surface area contributed by atoms with Crippen LogP contribution >= 0.6 is 0 Å². The van der Waals surface area contributed by atoms with Crippen molar-refractivity contribution in [3.8, 4) is 0 Å². The number of hydrogen-bond donors (Lipinski definition) is 1. The van der Waals surface area contributed by atoms with Gasteiger partial charge in [-0.25, -0.2) is 8.42 Å². The summed E-state index contributed by atoms with van der Waals surface area (Å²) in [4.78, 5) is 28.8. The van der Waals surface area contributed by atoms with Gasteiger partial charge in [-0.05, 0) is 29.5 Å². The Labute approximate surface area is 230 Å². The van der Waals surface area contributed by atoms with Gasteiger partial charge < -0.3 is 10.2 Å². The molecule has 39 heavy (non-hydrogen) atoms. The van der Waals surface area contributed by atoms with Crippen molar-refractivity contribution in [3.63, 3.8) is 0 Å². The summed E-state index contributed by atoms with van der Waals surface area (Å²) in [7, 11) is -2.31. The number of aryl methyl sites for hydroxylation is 1. The largest absolute Gasteiger partial charge is 0.357 e. The highest BCUT2D eigenvalue weighted by Crippen LogP contribution is 2.29. The maximum Gasteiger partial charge on any atom is 0.244 e. The van der Waals surface area contributed by atoms with E-state index in [9.17, 15) is 18.0 Å². The lowest BCUT2D eigenvalue weighted by molar-refractivity contribution is -0.139. The molecule has 1 N–H and O–H groups in total. The van der Waals surface area contributed by atoms with Gasteiger partial charge in [0.05, 0.1) is 11.9 Å². The summed E-state index contributed by atoms with van der Waals surface area (Å²) in [6.45, 7) is 1.68. The Morgan fingerprint density at radius 3 is 2.13 bits per heavy atom. The molecule has 0 unspecified atom stereocenters. The second-order valence-electron chi connectivity index (χ2n) is 9.59. The lowest BCUT2D eigenvalue weighted by atomic mass is 10.0. The van der Waals surface area contributed by atoms with Gasteiger partial charge in [-0.15, -0.1) is 0 Å². The molecule has 202 valence electrons. The number of amides is 2. The van der Waals surface area contributed by atoms with Crippen molar-refractivity contribution in [2.45, 2.75) is 25.9 Å². The first-order chi connectivity index (χ1) is 18.7. The fourth-order valence-electron chi connectivity index (χ4n) is 4.63. The summed E-state index contributed by atoms with van der Waals surface area (Å²) in [5.74, 6) is -0.797. The fourth-order valence-corrected chi connectivity index (χ4v) is 5.49. The predicted octanol–water partition coefficient (Wildman–Crippen LogP) is 4.30. The van der Waals surface area contributed by atoms with Gasteiger partial charge in [0.1, 0.15) is 12.6 Å². The lowest BCUT2D eigenvalue weighted by Gasteiger charge is -2.33. The maximum absolute atomic E-state index is 14.1. The van der Waals surface area contributed by atoms with Gasteiger partial charge in [0.25, 0.3) is 0 Å². The molecule has 0 bridgehead atoms. The van der Waals surface area contributed by atoms with Crippen molar-refractivity contribution in [3.05, 3.63) is 114 Å². The number of sulfonamides is 1. The molecule has 0 heterocycles. The third-order valence-corrected chi connectivity index (χ3v) is 7.83. The Balaban J connectivity index is 1.76. The van der Waals surface area contributed by atoms with Crippen LogP contribution in [0.25, 0.3) is 10.8 Å². The number of nitrogens with zero attached hydrogens (tertiary/aromatic N) is 2. The normalized spacial score (nSPS) is 12.1. The topological polar surface area (TPSA) is 86.8 Å². The van der Waals surface area contributed by atoms with Gasteiger partial charge in [0.2, 0.25) is 21.8 Å². The molecular formula is C31H33N3O4S. The van der Waals surface area contributed by atoms with E-state index in [4.69, 9.17) is 0 Å². The molecule has 0 aliphatic carbocycles. The van der Waals surface area contributed by atoms with Crippen LogP contribution in [0.4, 0.5) is 5.69 Å². The average molecular weight is 544 g/mol. The number of rotatable bonds is 10. The maximum atomic E-state index is 14.1. The molecule has 4 rings (SSSR count). The van der Waals surface area contributed by atoms with Crippen LogP contribution in [0.3, 0.4) is 0 Å². The zero-order valence-electron chi connectivity index (χ0n) is 22.4. The van der Waals surface area contributed by atoms with Gasteiger partial charge in [-0.3, -0.25) is 13.9 Å². The quantitative estimate of drug-likeness (QED) is 0.323. The Morgan fingerprint density at radius 1 is 0.821 bits per heavy atom. The SMILES string of the molecule is CNC(=O)[C@@H](Cc1ccccc1)N(Cc1ccc(C)cc1)C(=O)CN(c1cccc2ccccc12)S(C)(=O)=O. The van der Waals surface area contributed by atoms with Gasteiger partial charge in [0.15, 0.2) is 0 Å². The van der Waals surface area contributed by atoms with Gasteiger partial charge in [-0.2, -0.15) is 0 Å². The van der Waals surface area contributed by atoms with Crippen LogP contribution in [0, 0.1) is 6.92 Å². The number of hydrogen-bond acceptors (Lipinski definition) is 4. The van der Waals surface area contributed by atoms with Crippen LogP contribution in [0.5, 0.6) is 0 Å². The molecule has 4 aromatic rings. The third kappa shape index (κ3) is 6.83. The van der Waals surface area contributed by atoms with E-state index < -0.39 is 28.5 Å². The molecule has 0 spiro atoms. The summed E-state index contributed by atoms with van der Waals surface area (Å²) in [5.41, 5.74) is 3.22. The van der Waals surface area contributed by atoms with Crippen molar-refractivity contribution in [1.82, 2.24) is 10.2 Å². The standard InChI is InChI=1S/C31H33N3O4S/c1-23-16-18-25(19-17-23)21-33(29(31(36)32-2)20-24-10-5-4-6-11-24)30(35)22-34(39(3,37)38)28-15-9-13-26-12-7-8-14-27(26)28/h4-19,29H,20-22H2,1-3H3,(H,32,36)/t29-/m1/s1. The van der Waals surface area contributed by atoms with Crippen LogP contribution in [0.1, 0.15) is 16.7 Å². The van der Waals surface area contributed by atoms with Crippen molar-refractivity contribution in [2.24, 2.45) is 0 Å². The number of anilines is 1. The first-order valence-electron chi connectivity index (χ1n) is 12.7. The predicted molar refractivity (Wildman–Crippen MR) is 156 cm³/mol. The highest BCUT2D eigenvalue weighted by atomic mass is 32.2. The van der Waals surface area contributed by atoms with E-state index in [2.05, 4.69) is 5.32 Å². The van der Waals surface area contributed by atoms with E-state index in [1.54, 1.807) is 12.1 Å². The third-order valence-electron chi connectivity index (χ3n) is 6.71. The van der Waals surface area contributed by atoms with E-state index >= 15 is 0 Å². The van der Waals surface area contributed by atoms with Gasteiger partial charge in [0, 0.05) is 25.4 Å². The number of benzene rings is 4. The van der Waals surface area contributed by atoms with E-state index in [0.717, 1.165) is 38.0 Å². The minimum atomic E-state index is -3.84. The van der Waals surface area contributed by atoms with E-state index in [-0.39, 0.29) is 18.9 Å². The molecule has 0 radical (unpaired) electrons. The minimum Gasteiger partial charge on any atom is -0.357 e. The first kappa shape index (κ1) is 27.9. The second kappa shape index (κ2) is 12.1. The monoisotopic (exact) mass is 543 g/mol. The summed E-state index contributed by atoms with van der Waals surface area (Å²) in [5, 5.41) is 4.27. The molecule has 2 amide bonds. The number of carbonyl (C=O) groups excluding carboxylic acids is 2. The molecule has 1 atom stereocenters. The molecule has 0 fully saturated rings. The lowest BCUT2D eigenvalue weighted by Crippen LogP contribution is -2.52. The molecule has 8 heteroatoms. The van der Waals surface area contributed by atoms with Gasteiger partial charge >= 0.3 is 0 Å². The van der Waals surface area contributed by atoms with Crippen molar-refractivity contribution < 1.29 is 18.0 Å². The molecular weight excluding hydrogens is 510 g/mol. The summed E-state index contributed by atoms with van der Waals surface area (Å²) in [6.07, 6.45) is 1.37. The molecule has 0 saturated carbocycles. The molecule has 7 nitrogen and oxygen atoms in total. The minimum absolute atomic E-state index is 0.150. The van der Waals surface area contributed by atoms with E-state index in [1.165, 1.54) is 11.9 Å². The Kier molecular flexibility index (Phi) is 8.66. The summed E-state index contributed by atoms with van der Waals surface area (Å²) < 4.78 is 27.2. The zero-order valence-corrected chi connectivity index (χ0v) is 23.2. The second-order valence-corrected chi connectivity index (χ2v) is 11.5. The highest BCUT2D eigenvalue weighted by Gasteiger charge is 2.33. The molecule has 0 saturated heterocycles. The molecule has 0 aliphatic rings. The van der Waals surface area contributed by atoms with Crippen LogP contribution in [-0.2, 0) is 32.6 Å². The number of fused-ring (bicyclic) bond motifs is 1. The number of nitrogens with one attached hydrogen (secondary N) is 1. The first-order valence-corrected chi connectivity index (χ1v) is 14.6. The number of likely N-dealkylation sites (N-methyl/N-ethyl adjacent to an activating group) is 1. The highest BCUT2D eigenvalue weighted by molar-refractivity contribution is 7.92. The average Bonchev–Trinajstić information content (AvgIpc) is 2.93. The molecule has 0 aliphatic heterocycles. The molecule has 4 aromatic carbocycles. The number of carbonyl (C=O) groups is 2. The molecule has 0 aromatic heterocycles. The van der Waals surface area contributed by atoms with Crippen molar-refractivity contribution >= 4 is 38.3 Å². The van der Waals surface area contributed by atoms with Crippen LogP contribution in [-0.4, -0.2) is 51.0 Å². The summed E-state index contributed by atoms with van der Waals surface area (Å²) >= 11 is 0. The van der Waals surface area contributed by atoms with E-state index in [0.29, 0.717) is 5.69 Å². The smallest absolute Gasteiger partial charge is 0.244 e.